The standard InChI is InChI=1S/C13H12BrN3O/c14-12-10(5-6-15)16-17-13(12)9-7-18-11-4-2-1-3-8(9)11/h1-4,7H,5-6,15H2,(H,16,17). The highest BCUT2D eigenvalue weighted by molar-refractivity contribution is 9.10. The number of hydrogen-bond donors (Lipinski definition) is 2. The van der Waals surface area contributed by atoms with Gasteiger partial charge in [-0.25, -0.2) is 0 Å². The Labute approximate surface area is 112 Å². The van der Waals surface area contributed by atoms with Crippen LogP contribution in [0.15, 0.2) is 39.4 Å². The second-order valence-electron chi connectivity index (χ2n) is 4.05. The van der Waals surface area contributed by atoms with Gasteiger partial charge in [0.1, 0.15) is 17.5 Å². The van der Waals surface area contributed by atoms with Gasteiger partial charge in [-0.3, -0.25) is 5.10 Å². The number of rotatable bonds is 3. The maximum absolute atomic E-state index is 5.56. The van der Waals surface area contributed by atoms with Crippen LogP contribution in [0, 0.1) is 0 Å². The molecule has 0 aliphatic heterocycles. The van der Waals surface area contributed by atoms with Gasteiger partial charge in [-0.15, -0.1) is 0 Å². The Kier molecular flexibility index (Phi) is 2.93. The van der Waals surface area contributed by atoms with Crippen molar-refractivity contribution in [2.45, 2.75) is 6.42 Å². The van der Waals surface area contributed by atoms with E-state index in [0.29, 0.717) is 6.54 Å². The minimum absolute atomic E-state index is 0.590. The zero-order valence-electron chi connectivity index (χ0n) is 9.61. The van der Waals surface area contributed by atoms with E-state index in [0.717, 1.165) is 38.8 Å². The maximum Gasteiger partial charge on any atom is 0.134 e. The monoisotopic (exact) mass is 305 g/mol. The number of halogens is 1. The van der Waals surface area contributed by atoms with Gasteiger partial charge in [0, 0.05) is 17.4 Å². The minimum Gasteiger partial charge on any atom is -0.464 e. The molecule has 0 aliphatic rings. The SMILES string of the molecule is NCCc1[nH]nc(-c2coc3ccccc23)c1Br. The first-order valence-electron chi connectivity index (χ1n) is 5.70. The molecule has 2 heterocycles. The van der Waals surface area contributed by atoms with Crippen LogP contribution in [0.2, 0.25) is 0 Å². The van der Waals surface area contributed by atoms with Crippen LogP contribution in [0.3, 0.4) is 0 Å². The molecule has 0 saturated carbocycles. The van der Waals surface area contributed by atoms with Gasteiger partial charge >= 0.3 is 0 Å². The fourth-order valence-corrected chi connectivity index (χ4v) is 2.60. The molecule has 92 valence electrons. The number of nitrogens with one attached hydrogen (secondary N) is 1. The molecule has 0 unspecified atom stereocenters. The van der Waals surface area contributed by atoms with Crippen molar-refractivity contribution in [3.8, 4) is 11.3 Å². The second-order valence-corrected chi connectivity index (χ2v) is 4.84. The average molecular weight is 306 g/mol. The van der Waals surface area contributed by atoms with Crippen molar-refractivity contribution in [1.29, 1.82) is 0 Å². The van der Waals surface area contributed by atoms with Crippen molar-refractivity contribution < 1.29 is 4.42 Å². The first-order chi connectivity index (χ1) is 8.81. The lowest BCUT2D eigenvalue weighted by atomic mass is 10.1. The van der Waals surface area contributed by atoms with Crippen LogP contribution in [-0.2, 0) is 6.42 Å². The number of aromatic amines is 1. The average Bonchev–Trinajstić information content (AvgIpc) is 2.95. The third-order valence-corrected chi connectivity index (χ3v) is 3.76. The van der Waals surface area contributed by atoms with Gasteiger partial charge in [0.15, 0.2) is 0 Å². The van der Waals surface area contributed by atoms with E-state index in [4.69, 9.17) is 10.2 Å². The molecule has 0 radical (unpaired) electrons. The molecule has 2 aromatic heterocycles. The number of furan rings is 1. The third kappa shape index (κ3) is 1.76. The van der Waals surface area contributed by atoms with E-state index in [2.05, 4.69) is 26.1 Å². The number of benzene rings is 1. The Hall–Kier alpha value is -1.59. The van der Waals surface area contributed by atoms with Gasteiger partial charge in [-0.2, -0.15) is 5.10 Å². The first-order valence-corrected chi connectivity index (χ1v) is 6.50. The maximum atomic E-state index is 5.56. The Morgan fingerprint density at radius 2 is 2.17 bits per heavy atom. The predicted octanol–water partition coefficient (Wildman–Crippen LogP) is 3.09. The number of hydrogen-bond acceptors (Lipinski definition) is 3. The molecule has 3 rings (SSSR count). The highest BCUT2D eigenvalue weighted by atomic mass is 79.9. The summed E-state index contributed by atoms with van der Waals surface area (Å²) in [6.45, 7) is 0.590. The third-order valence-electron chi connectivity index (χ3n) is 2.91. The fraction of sp³-hybridized carbons (Fsp3) is 0.154. The van der Waals surface area contributed by atoms with Crippen LogP contribution in [0.25, 0.3) is 22.2 Å². The Balaban J connectivity index is 2.15. The summed E-state index contributed by atoms with van der Waals surface area (Å²) in [4.78, 5) is 0. The van der Waals surface area contributed by atoms with E-state index in [1.165, 1.54) is 0 Å². The van der Waals surface area contributed by atoms with Crippen molar-refractivity contribution in [2.24, 2.45) is 5.73 Å². The first kappa shape index (κ1) is 11.5. The van der Waals surface area contributed by atoms with Crippen molar-refractivity contribution >= 4 is 26.9 Å². The Bertz CT molecular complexity index is 686. The van der Waals surface area contributed by atoms with Crippen LogP contribution in [0.1, 0.15) is 5.69 Å². The molecule has 0 aliphatic carbocycles. The zero-order chi connectivity index (χ0) is 12.5. The summed E-state index contributed by atoms with van der Waals surface area (Å²) in [6.07, 6.45) is 2.50. The summed E-state index contributed by atoms with van der Waals surface area (Å²) in [6, 6.07) is 7.91. The molecule has 0 saturated heterocycles. The Morgan fingerprint density at radius 3 is 3.00 bits per heavy atom. The van der Waals surface area contributed by atoms with Crippen molar-refractivity contribution in [3.63, 3.8) is 0 Å². The van der Waals surface area contributed by atoms with Gasteiger partial charge in [0.25, 0.3) is 0 Å². The van der Waals surface area contributed by atoms with E-state index in [1.54, 1.807) is 6.26 Å². The number of nitrogens with two attached hydrogens (primary N) is 1. The van der Waals surface area contributed by atoms with E-state index in [9.17, 15) is 0 Å². The topological polar surface area (TPSA) is 67.8 Å². The summed E-state index contributed by atoms with van der Waals surface area (Å²) in [5.41, 5.74) is 9.28. The molecular formula is C13H12BrN3O. The molecule has 3 N–H and O–H groups in total. The van der Waals surface area contributed by atoms with Crippen LogP contribution in [-0.4, -0.2) is 16.7 Å². The van der Waals surface area contributed by atoms with E-state index >= 15 is 0 Å². The molecule has 18 heavy (non-hydrogen) atoms. The molecule has 5 heteroatoms. The number of fused-ring (bicyclic) bond motifs is 1. The summed E-state index contributed by atoms with van der Waals surface area (Å²) >= 11 is 3.57. The van der Waals surface area contributed by atoms with Crippen molar-refractivity contribution in [1.82, 2.24) is 10.2 Å². The molecule has 0 spiro atoms. The normalized spacial score (nSPS) is 11.2. The molecule has 0 bridgehead atoms. The molecule has 0 fully saturated rings. The zero-order valence-corrected chi connectivity index (χ0v) is 11.2. The van der Waals surface area contributed by atoms with Gasteiger partial charge < -0.3 is 10.2 Å². The van der Waals surface area contributed by atoms with Crippen LogP contribution in [0.4, 0.5) is 0 Å². The number of para-hydroxylation sites is 1. The van der Waals surface area contributed by atoms with Crippen LogP contribution >= 0.6 is 15.9 Å². The molecule has 4 nitrogen and oxygen atoms in total. The minimum atomic E-state index is 0.590. The lowest BCUT2D eigenvalue weighted by Gasteiger charge is -1.96. The summed E-state index contributed by atoms with van der Waals surface area (Å²) in [5.74, 6) is 0. The number of nitrogens with zero attached hydrogens (tertiary/aromatic N) is 1. The van der Waals surface area contributed by atoms with Crippen molar-refractivity contribution in [2.75, 3.05) is 6.54 Å². The summed E-state index contributed by atoms with van der Waals surface area (Å²) < 4.78 is 6.49. The van der Waals surface area contributed by atoms with Crippen LogP contribution < -0.4 is 5.73 Å². The Morgan fingerprint density at radius 1 is 1.33 bits per heavy atom. The molecule has 1 aromatic carbocycles. The van der Waals surface area contributed by atoms with E-state index in [-0.39, 0.29) is 0 Å². The van der Waals surface area contributed by atoms with Crippen LogP contribution in [0.5, 0.6) is 0 Å². The molecule has 0 amide bonds. The molecule has 3 aromatic rings. The van der Waals surface area contributed by atoms with Gasteiger partial charge in [0.2, 0.25) is 0 Å². The fourth-order valence-electron chi connectivity index (χ4n) is 2.01. The van der Waals surface area contributed by atoms with Gasteiger partial charge in [-0.05, 0) is 28.5 Å². The lowest BCUT2D eigenvalue weighted by Crippen LogP contribution is -2.03. The highest BCUT2D eigenvalue weighted by Gasteiger charge is 2.16. The van der Waals surface area contributed by atoms with E-state index in [1.807, 2.05) is 24.3 Å². The molecular weight excluding hydrogens is 294 g/mol. The number of aromatic nitrogens is 2. The lowest BCUT2D eigenvalue weighted by molar-refractivity contribution is 0.616. The van der Waals surface area contributed by atoms with Gasteiger partial charge in [-0.1, -0.05) is 18.2 Å². The van der Waals surface area contributed by atoms with Gasteiger partial charge in [0.05, 0.1) is 10.2 Å². The largest absolute Gasteiger partial charge is 0.464 e. The predicted molar refractivity (Wildman–Crippen MR) is 74.3 cm³/mol. The summed E-state index contributed by atoms with van der Waals surface area (Å²) in [5, 5.41) is 8.41. The second kappa shape index (κ2) is 4.59. The summed E-state index contributed by atoms with van der Waals surface area (Å²) in [7, 11) is 0. The smallest absolute Gasteiger partial charge is 0.134 e. The number of H-pyrrole nitrogens is 1. The van der Waals surface area contributed by atoms with Crippen molar-refractivity contribution in [3.05, 3.63) is 40.7 Å². The quantitative estimate of drug-likeness (QED) is 0.781. The highest BCUT2D eigenvalue weighted by Crippen LogP contribution is 2.35. The van der Waals surface area contributed by atoms with E-state index < -0.39 is 0 Å². The molecule has 0 atom stereocenters.